The van der Waals surface area contributed by atoms with Crippen molar-refractivity contribution in [1.82, 2.24) is 19.1 Å². The molecule has 1 atom stereocenters. The van der Waals surface area contributed by atoms with E-state index >= 15 is 0 Å². The lowest BCUT2D eigenvalue weighted by Gasteiger charge is -2.25. The van der Waals surface area contributed by atoms with Crippen LogP contribution >= 0.6 is 11.8 Å². The van der Waals surface area contributed by atoms with Crippen molar-refractivity contribution in [3.8, 4) is 11.5 Å². The first-order valence-electron chi connectivity index (χ1n) is 7.71. The number of hydrogen-bond donors (Lipinski definition) is 1. The Balaban J connectivity index is 1.55. The highest BCUT2D eigenvalue weighted by Crippen LogP contribution is 2.32. The number of ether oxygens (including phenoxy) is 2. The predicted molar refractivity (Wildman–Crippen MR) is 93.7 cm³/mol. The maximum absolute atomic E-state index is 12.2. The van der Waals surface area contributed by atoms with Crippen LogP contribution in [0.4, 0.5) is 0 Å². The second-order valence-electron chi connectivity index (χ2n) is 5.75. The van der Waals surface area contributed by atoms with Crippen LogP contribution in [0, 0.1) is 0 Å². The van der Waals surface area contributed by atoms with Crippen molar-refractivity contribution in [2.75, 3.05) is 12.4 Å². The number of thioether (sulfide) groups is 1. The number of aromatic amines is 1. The van der Waals surface area contributed by atoms with Crippen molar-refractivity contribution in [3.63, 3.8) is 0 Å². The molecule has 2 aromatic heterocycles. The molecule has 0 radical (unpaired) electrons. The van der Waals surface area contributed by atoms with E-state index in [-0.39, 0.29) is 11.7 Å². The number of nitrogens with one attached hydrogen (secondary N) is 1. The van der Waals surface area contributed by atoms with E-state index in [1.54, 1.807) is 7.05 Å². The molecule has 0 amide bonds. The summed E-state index contributed by atoms with van der Waals surface area (Å²) in [6.45, 7) is 0.449. The van der Waals surface area contributed by atoms with Gasteiger partial charge in [0.25, 0.3) is 5.56 Å². The van der Waals surface area contributed by atoms with E-state index in [0.717, 1.165) is 16.1 Å². The Labute approximate surface area is 146 Å². The van der Waals surface area contributed by atoms with Crippen molar-refractivity contribution in [2.45, 2.75) is 11.3 Å². The fourth-order valence-electron chi connectivity index (χ4n) is 2.69. The molecular formula is C16H16N4O4S. The van der Waals surface area contributed by atoms with Gasteiger partial charge in [0.2, 0.25) is 0 Å². The van der Waals surface area contributed by atoms with Gasteiger partial charge in [-0.15, -0.1) is 0 Å². The second kappa shape index (κ2) is 5.99. The first-order chi connectivity index (χ1) is 12.0. The van der Waals surface area contributed by atoms with Crippen molar-refractivity contribution in [3.05, 3.63) is 45.1 Å². The van der Waals surface area contributed by atoms with Gasteiger partial charge in [0.15, 0.2) is 27.8 Å². The largest absolute Gasteiger partial charge is 0.486 e. The number of H-pyrrole nitrogens is 1. The molecule has 130 valence electrons. The molecule has 0 fully saturated rings. The lowest BCUT2D eigenvalue weighted by Crippen LogP contribution is -2.36. The standard InChI is InChI=1S/C16H16N4O4S/c1-19-13-12(14(21)20(2)16(19)22)17-15(18-13)25-8-9-7-23-10-5-3-4-6-11(10)24-9/h3-6,9H,7-8H2,1-2H3,(H,17,18)/t9-/m0/s1. The summed E-state index contributed by atoms with van der Waals surface area (Å²) in [7, 11) is 3.04. The van der Waals surface area contributed by atoms with Crippen molar-refractivity contribution < 1.29 is 9.47 Å². The first kappa shape index (κ1) is 15.8. The molecule has 1 aliphatic heterocycles. The minimum Gasteiger partial charge on any atom is -0.486 e. The highest BCUT2D eigenvalue weighted by atomic mass is 32.2. The molecule has 0 saturated heterocycles. The van der Waals surface area contributed by atoms with E-state index in [9.17, 15) is 9.59 Å². The molecule has 0 saturated carbocycles. The second-order valence-corrected chi connectivity index (χ2v) is 6.76. The zero-order valence-corrected chi connectivity index (χ0v) is 14.5. The van der Waals surface area contributed by atoms with Gasteiger partial charge in [0.1, 0.15) is 12.7 Å². The molecule has 0 aliphatic carbocycles. The lowest BCUT2D eigenvalue weighted by atomic mass is 10.3. The highest BCUT2D eigenvalue weighted by Gasteiger charge is 2.22. The Bertz CT molecular complexity index is 1070. The number of aromatic nitrogens is 4. The van der Waals surface area contributed by atoms with Crippen molar-refractivity contribution >= 4 is 22.9 Å². The van der Waals surface area contributed by atoms with Crippen LogP contribution in [0.5, 0.6) is 11.5 Å². The molecule has 0 bridgehead atoms. The predicted octanol–water partition coefficient (Wildman–Crippen LogP) is 0.892. The highest BCUT2D eigenvalue weighted by molar-refractivity contribution is 7.99. The summed E-state index contributed by atoms with van der Waals surface area (Å²) < 4.78 is 14.0. The Morgan fingerprint density at radius 1 is 1.24 bits per heavy atom. The zero-order valence-electron chi connectivity index (χ0n) is 13.7. The van der Waals surface area contributed by atoms with Crippen molar-refractivity contribution in [2.24, 2.45) is 14.1 Å². The van der Waals surface area contributed by atoms with Crippen LogP contribution in [-0.4, -0.2) is 37.6 Å². The van der Waals surface area contributed by atoms with Crippen LogP contribution in [0.15, 0.2) is 39.0 Å². The minimum absolute atomic E-state index is 0.125. The van der Waals surface area contributed by atoms with E-state index in [1.165, 1.54) is 23.4 Å². The third-order valence-corrected chi connectivity index (χ3v) is 5.05. The average molecular weight is 360 g/mol. The summed E-state index contributed by atoms with van der Waals surface area (Å²) in [4.78, 5) is 31.5. The Morgan fingerprint density at radius 2 is 2.00 bits per heavy atom. The summed E-state index contributed by atoms with van der Waals surface area (Å²) in [5.41, 5.74) is -0.121. The van der Waals surface area contributed by atoms with Gasteiger partial charge in [0.05, 0.1) is 0 Å². The molecular weight excluding hydrogens is 344 g/mol. The van der Waals surface area contributed by atoms with E-state index in [0.29, 0.717) is 28.7 Å². The molecule has 1 aromatic carbocycles. The van der Waals surface area contributed by atoms with Crippen LogP contribution in [0.25, 0.3) is 11.2 Å². The van der Waals surface area contributed by atoms with Gasteiger partial charge in [-0.05, 0) is 12.1 Å². The van der Waals surface area contributed by atoms with E-state index in [1.807, 2.05) is 24.3 Å². The molecule has 1 N–H and O–H groups in total. The molecule has 4 rings (SSSR count). The summed E-state index contributed by atoms with van der Waals surface area (Å²) in [5.74, 6) is 2.06. The molecule has 3 heterocycles. The van der Waals surface area contributed by atoms with Crippen LogP contribution in [0.2, 0.25) is 0 Å². The summed E-state index contributed by atoms with van der Waals surface area (Å²) in [6, 6.07) is 7.53. The normalized spacial score (nSPS) is 16.3. The molecule has 1 aliphatic rings. The van der Waals surface area contributed by atoms with Gasteiger partial charge < -0.3 is 14.5 Å². The quantitative estimate of drug-likeness (QED) is 0.698. The summed E-state index contributed by atoms with van der Waals surface area (Å²) in [6.07, 6.45) is -0.125. The van der Waals surface area contributed by atoms with Crippen LogP contribution in [0.3, 0.4) is 0 Å². The van der Waals surface area contributed by atoms with E-state index in [2.05, 4.69) is 9.97 Å². The fourth-order valence-corrected chi connectivity index (χ4v) is 3.52. The number of fused-ring (bicyclic) bond motifs is 2. The number of rotatable bonds is 3. The van der Waals surface area contributed by atoms with Crippen LogP contribution in [0.1, 0.15) is 0 Å². The van der Waals surface area contributed by atoms with E-state index < -0.39 is 5.69 Å². The number of imidazole rings is 1. The third kappa shape index (κ3) is 2.70. The average Bonchev–Trinajstić information content (AvgIpc) is 3.07. The number of aryl methyl sites for hydroxylation is 1. The van der Waals surface area contributed by atoms with Gasteiger partial charge in [0, 0.05) is 19.8 Å². The Morgan fingerprint density at radius 3 is 2.80 bits per heavy atom. The van der Waals surface area contributed by atoms with Gasteiger partial charge in [-0.25, -0.2) is 9.78 Å². The minimum atomic E-state index is -0.402. The maximum Gasteiger partial charge on any atom is 0.332 e. The maximum atomic E-state index is 12.2. The summed E-state index contributed by atoms with van der Waals surface area (Å²) in [5, 5.41) is 0.566. The van der Waals surface area contributed by atoms with Gasteiger partial charge in [-0.1, -0.05) is 23.9 Å². The third-order valence-electron chi connectivity index (χ3n) is 4.05. The molecule has 0 unspecified atom stereocenters. The lowest BCUT2D eigenvalue weighted by molar-refractivity contribution is 0.107. The first-order valence-corrected chi connectivity index (χ1v) is 8.70. The van der Waals surface area contributed by atoms with Crippen LogP contribution in [-0.2, 0) is 14.1 Å². The van der Waals surface area contributed by atoms with Crippen LogP contribution < -0.4 is 20.7 Å². The molecule has 25 heavy (non-hydrogen) atoms. The number of para-hydroxylation sites is 2. The summed E-state index contributed by atoms with van der Waals surface area (Å²) >= 11 is 1.42. The van der Waals surface area contributed by atoms with Crippen molar-refractivity contribution in [1.29, 1.82) is 0 Å². The SMILES string of the molecule is Cn1c(=O)c2[nH]c(SC[C@@H]3COc4ccccc4O3)nc2n(C)c1=O. The van der Waals surface area contributed by atoms with Gasteiger partial charge in [-0.3, -0.25) is 13.9 Å². The molecule has 8 nitrogen and oxygen atoms in total. The smallest absolute Gasteiger partial charge is 0.332 e. The molecule has 9 heteroatoms. The van der Waals surface area contributed by atoms with Gasteiger partial charge >= 0.3 is 5.69 Å². The number of nitrogens with zero attached hydrogens (tertiary/aromatic N) is 3. The topological polar surface area (TPSA) is 91.1 Å². The fraction of sp³-hybridized carbons (Fsp3) is 0.312. The Kier molecular flexibility index (Phi) is 3.79. The molecule has 0 spiro atoms. The van der Waals surface area contributed by atoms with Gasteiger partial charge in [-0.2, -0.15) is 0 Å². The van der Waals surface area contributed by atoms with E-state index in [4.69, 9.17) is 9.47 Å². The molecule has 3 aromatic rings. The monoisotopic (exact) mass is 360 g/mol. The number of hydrogen-bond acceptors (Lipinski definition) is 6. The zero-order chi connectivity index (χ0) is 17.6. The number of benzene rings is 1. The Hall–Kier alpha value is -2.68.